The Morgan fingerprint density at radius 1 is 0.770 bits per heavy atom. The number of rotatable bonds is 10. The predicted molar refractivity (Wildman–Crippen MR) is 224 cm³/mol. The first-order valence-corrected chi connectivity index (χ1v) is 20.9. The normalized spacial score (nSPS) is 18.4. The standard InChI is InChI=1S/C44H52FN9O7/c1-23(2)36(50-43(57)59-5)41(55)53-15-7-9-32(53)39-46-21-29(48-39)25-12-14-31-28(19-25)35(45)38-27-13-11-26(20-34(27)61-18-17-52(31)38)30-22-47-40(49-30)33-10-8-16-54(33)42(56)37(24(3)4)51-44(58)60-6/h11-14,19-24,32-33,36-37H,7-10,15-18H2,1-6H3,(H,46,48)(H,47,49)(H,50,57)(H,51,58)/t32-,33-,36?,37-/m0/s1. The summed E-state index contributed by atoms with van der Waals surface area (Å²) in [5.41, 5.74) is 4.76. The van der Waals surface area contributed by atoms with Crippen molar-refractivity contribution in [3.63, 3.8) is 0 Å². The third kappa shape index (κ3) is 7.76. The topological polar surface area (TPSA) is 189 Å². The van der Waals surface area contributed by atoms with Crippen molar-refractivity contribution in [2.45, 2.75) is 84.1 Å². The van der Waals surface area contributed by atoms with E-state index in [4.69, 9.17) is 14.2 Å². The average Bonchev–Trinajstić information content (AvgIpc) is 4.11. The molecule has 4 atom stereocenters. The summed E-state index contributed by atoms with van der Waals surface area (Å²) in [5.74, 6) is 0.769. The van der Waals surface area contributed by atoms with Crippen molar-refractivity contribution in [1.82, 2.24) is 44.9 Å². The molecule has 2 fully saturated rings. The fourth-order valence-corrected chi connectivity index (χ4v) is 8.92. The Labute approximate surface area is 352 Å². The molecule has 2 aromatic carbocycles. The molecule has 8 rings (SSSR count). The maximum absolute atomic E-state index is 16.7. The number of aromatic amines is 2. The largest absolute Gasteiger partial charge is 0.491 e. The van der Waals surface area contributed by atoms with Gasteiger partial charge < -0.3 is 49.2 Å². The Morgan fingerprint density at radius 2 is 1.30 bits per heavy atom. The number of ether oxygens (including phenoxy) is 3. The molecule has 16 nitrogen and oxygen atoms in total. The molecule has 0 bridgehead atoms. The number of alkyl carbamates (subject to hydrolysis) is 2. The number of benzene rings is 2. The monoisotopic (exact) mass is 837 g/mol. The number of likely N-dealkylation sites (tertiary alicyclic amines) is 2. The van der Waals surface area contributed by atoms with E-state index in [1.165, 1.54) is 14.2 Å². The first kappa shape index (κ1) is 41.3. The Kier molecular flexibility index (Phi) is 11.5. The van der Waals surface area contributed by atoms with Crippen molar-refractivity contribution in [1.29, 1.82) is 0 Å². The minimum atomic E-state index is -0.743. The lowest BCUT2D eigenvalue weighted by atomic mass is 10.0. The summed E-state index contributed by atoms with van der Waals surface area (Å²) in [7, 11) is 2.54. The summed E-state index contributed by atoms with van der Waals surface area (Å²) in [4.78, 5) is 71.1. The second kappa shape index (κ2) is 16.9. The zero-order valence-corrected chi connectivity index (χ0v) is 35.2. The first-order chi connectivity index (χ1) is 29.4. The molecule has 6 heterocycles. The van der Waals surface area contributed by atoms with Crippen LogP contribution >= 0.6 is 0 Å². The van der Waals surface area contributed by atoms with Crippen molar-refractivity contribution in [3.05, 3.63) is 66.3 Å². The van der Waals surface area contributed by atoms with E-state index in [-0.39, 0.29) is 41.6 Å². The number of carbonyl (C=O) groups excluding carboxylic acids is 4. The van der Waals surface area contributed by atoms with E-state index < -0.39 is 24.3 Å². The highest BCUT2D eigenvalue weighted by molar-refractivity contribution is 5.93. The molecule has 3 aromatic heterocycles. The van der Waals surface area contributed by atoms with Gasteiger partial charge in [0.2, 0.25) is 11.8 Å². The fraction of sp³-hybridized carbons (Fsp3) is 0.455. The van der Waals surface area contributed by atoms with Crippen LogP contribution in [0.3, 0.4) is 0 Å². The first-order valence-electron chi connectivity index (χ1n) is 20.9. The summed E-state index contributed by atoms with van der Waals surface area (Å²) in [6.07, 6.45) is 5.15. The highest BCUT2D eigenvalue weighted by Crippen LogP contribution is 2.42. The lowest BCUT2D eigenvalue weighted by Crippen LogP contribution is -2.51. The van der Waals surface area contributed by atoms with Crippen molar-refractivity contribution >= 4 is 34.9 Å². The Bertz CT molecular complexity index is 2470. The van der Waals surface area contributed by atoms with Crippen LogP contribution in [0.2, 0.25) is 0 Å². The van der Waals surface area contributed by atoms with Crippen LogP contribution in [-0.2, 0) is 25.6 Å². The molecule has 3 aliphatic rings. The number of halogens is 1. The number of H-pyrrole nitrogens is 2. The maximum atomic E-state index is 16.7. The molecule has 1 unspecified atom stereocenters. The van der Waals surface area contributed by atoms with Crippen LogP contribution in [0, 0.1) is 17.7 Å². The van der Waals surface area contributed by atoms with Gasteiger partial charge in [0.25, 0.3) is 0 Å². The van der Waals surface area contributed by atoms with E-state index in [0.29, 0.717) is 72.4 Å². The Hall–Kier alpha value is -6.39. The van der Waals surface area contributed by atoms with E-state index in [9.17, 15) is 19.2 Å². The zero-order chi connectivity index (χ0) is 43.1. The van der Waals surface area contributed by atoms with Gasteiger partial charge in [-0.15, -0.1) is 0 Å². The highest BCUT2D eigenvalue weighted by atomic mass is 19.1. The van der Waals surface area contributed by atoms with Gasteiger partial charge in [0.15, 0.2) is 5.82 Å². The highest BCUT2D eigenvalue weighted by Gasteiger charge is 2.39. The molecule has 4 amide bonds. The van der Waals surface area contributed by atoms with Crippen LogP contribution in [0.1, 0.15) is 77.1 Å². The molecule has 0 aliphatic carbocycles. The van der Waals surface area contributed by atoms with Crippen molar-refractivity contribution in [2.75, 3.05) is 33.9 Å². The molecule has 2 saturated heterocycles. The van der Waals surface area contributed by atoms with E-state index in [1.54, 1.807) is 22.2 Å². The van der Waals surface area contributed by atoms with Gasteiger partial charge in [0.05, 0.1) is 67.8 Å². The number of nitrogens with zero attached hydrogens (tertiary/aromatic N) is 5. The summed E-state index contributed by atoms with van der Waals surface area (Å²) in [5, 5.41) is 5.82. The van der Waals surface area contributed by atoms with E-state index >= 15 is 4.39 Å². The number of fused-ring (bicyclic) bond motifs is 5. The van der Waals surface area contributed by atoms with E-state index in [1.807, 2.05) is 68.7 Å². The van der Waals surface area contributed by atoms with Crippen LogP contribution in [-0.4, -0.2) is 104 Å². The smallest absolute Gasteiger partial charge is 0.407 e. The van der Waals surface area contributed by atoms with Crippen LogP contribution in [0.5, 0.6) is 5.75 Å². The Balaban J connectivity index is 1.03. The molecule has 0 spiro atoms. The van der Waals surface area contributed by atoms with Gasteiger partial charge in [-0.25, -0.2) is 23.9 Å². The van der Waals surface area contributed by atoms with Gasteiger partial charge in [0.1, 0.15) is 36.1 Å². The molecule has 4 N–H and O–H groups in total. The van der Waals surface area contributed by atoms with Gasteiger partial charge >= 0.3 is 12.2 Å². The fourth-order valence-electron chi connectivity index (χ4n) is 8.92. The average molecular weight is 838 g/mol. The summed E-state index contributed by atoms with van der Waals surface area (Å²) in [6, 6.07) is 9.25. The third-order valence-electron chi connectivity index (χ3n) is 12.1. The number of imidazole rings is 2. The quantitative estimate of drug-likeness (QED) is 0.119. The molecule has 5 aromatic rings. The SMILES string of the molecule is COC(=O)NC(C(=O)N1CCC[C@H]1c1ncc(-c2ccc3c(c2)c(F)c2n3CCOc3cc(-c4cnc([C@@H]5CCCN5C(=O)[C@@H](NC(=O)OC)C(C)C)[nH]4)ccc3-2)[nH]1)C(C)C. The minimum absolute atomic E-state index is 0.147. The van der Waals surface area contributed by atoms with Crippen LogP contribution in [0.15, 0.2) is 48.8 Å². The lowest BCUT2D eigenvalue weighted by molar-refractivity contribution is -0.136. The minimum Gasteiger partial charge on any atom is -0.491 e. The number of hydrogen-bond donors (Lipinski definition) is 4. The van der Waals surface area contributed by atoms with Gasteiger partial charge in [-0.3, -0.25) is 9.59 Å². The number of methoxy groups -OCH3 is 2. The van der Waals surface area contributed by atoms with Crippen molar-refractivity contribution in [3.8, 4) is 39.5 Å². The molecule has 61 heavy (non-hydrogen) atoms. The van der Waals surface area contributed by atoms with Gasteiger partial charge in [-0.1, -0.05) is 39.8 Å². The van der Waals surface area contributed by atoms with Gasteiger partial charge in [-0.2, -0.15) is 0 Å². The predicted octanol–water partition coefficient (Wildman–Crippen LogP) is 6.71. The number of nitrogens with one attached hydrogen (secondary N) is 4. The number of aromatic nitrogens is 5. The summed E-state index contributed by atoms with van der Waals surface area (Å²) in [6.45, 7) is 9.34. The summed E-state index contributed by atoms with van der Waals surface area (Å²) >= 11 is 0. The third-order valence-corrected chi connectivity index (χ3v) is 12.1. The van der Waals surface area contributed by atoms with Crippen LogP contribution < -0.4 is 15.4 Å². The maximum Gasteiger partial charge on any atom is 0.407 e. The summed E-state index contributed by atoms with van der Waals surface area (Å²) < 4.78 is 34.5. The molecule has 17 heteroatoms. The number of carbonyl (C=O) groups is 4. The molecular weight excluding hydrogens is 786 g/mol. The second-order valence-corrected chi connectivity index (χ2v) is 16.6. The molecule has 322 valence electrons. The van der Waals surface area contributed by atoms with Gasteiger partial charge in [0, 0.05) is 35.2 Å². The van der Waals surface area contributed by atoms with Crippen molar-refractivity contribution < 1.29 is 37.8 Å². The van der Waals surface area contributed by atoms with Gasteiger partial charge in [-0.05, 0) is 61.8 Å². The van der Waals surface area contributed by atoms with Crippen LogP contribution in [0.4, 0.5) is 14.0 Å². The van der Waals surface area contributed by atoms with Crippen LogP contribution in [0.25, 0.3) is 44.7 Å². The lowest BCUT2D eigenvalue weighted by Gasteiger charge is -2.30. The molecule has 0 radical (unpaired) electrons. The zero-order valence-electron chi connectivity index (χ0n) is 35.2. The number of hydrogen-bond acceptors (Lipinski definition) is 9. The van der Waals surface area contributed by atoms with E-state index in [2.05, 4.69) is 30.6 Å². The van der Waals surface area contributed by atoms with Crippen molar-refractivity contribution in [2.24, 2.45) is 11.8 Å². The number of amides is 4. The molecular formula is C44H52FN9O7. The molecule has 3 aliphatic heterocycles. The second-order valence-electron chi connectivity index (χ2n) is 16.6. The molecule has 0 saturated carbocycles. The van der Waals surface area contributed by atoms with E-state index in [0.717, 1.165) is 41.6 Å². The Morgan fingerprint density at radius 3 is 1.82 bits per heavy atom.